The average Bonchev–Trinajstić information content (AvgIpc) is 2.54. The van der Waals surface area contributed by atoms with Crippen molar-refractivity contribution in [2.75, 3.05) is 7.05 Å². The van der Waals surface area contributed by atoms with Gasteiger partial charge in [-0.2, -0.15) is 0 Å². The molecule has 1 aromatic carbocycles. The number of hydrogen-bond acceptors (Lipinski definition) is 4. The van der Waals surface area contributed by atoms with Crippen molar-refractivity contribution < 1.29 is 9.53 Å². The Morgan fingerprint density at radius 3 is 2.55 bits per heavy atom. The molecule has 0 unspecified atom stereocenters. The first kappa shape index (κ1) is 15.6. The van der Waals surface area contributed by atoms with Crippen molar-refractivity contribution in [3.8, 4) is 5.75 Å². The first-order chi connectivity index (χ1) is 10.5. The molecule has 0 saturated carbocycles. The zero-order valence-corrected chi connectivity index (χ0v) is 12.6. The van der Waals surface area contributed by atoms with Gasteiger partial charge in [0.25, 0.3) is 11.5 Å². The van der Waals surface area contributed by atoms with Crippen molar-refractivity contribution >= 4 is 5.91 Å². The van der Waals surface area contributed by atoms with Gasteiger partial charge in [-0.1, -0.05) is 12.1 Å². The molecule has 0 aliphatic heterocycles. The highest BCUT2D eigenvalue weighted by molar-refractivity contribution is 5.96. The minimum atomic E-state index is -0.425. The third-order valence-electron chi connectivity index (χ3n) is 3.36. The summed E-state index contributed by atoms with van der Waals surface area (Å²) in [6.07, 6.45) is 0. The second-order valence-electron chi connectivity index (χ2n) is 4.74. The second kappa shape index (κ2) is 6.30. The summed E-state index contributed by atoms with van der Waals surface area (Å²) in [6, 6.07) is 8.10. The van der Waals surface area contributed by atoms with Crippen molar-refractivity contribution in [2.24, 2.45) is 14.1 Å². The van der Waals surface area contributed by atoms with Crippen LogP contribution in [0.15, 0.2) is 39.9 Å². The van der Waals surface area contributed by atoms with Gasteiger partial charge in [-0.25, -0.2) is 4.79 Å². The predicted molar refractivity (Wildman–Crippen MR) is 81.1 cm³/mol. The Morgan fingerprint density at radius 1 is 1.18 bits per heavy atom. The number of nitrogens with one attached hydrogen (secondary N) is 1. The molecule has 1 N–H and O–H groups in total. The molecular weight excluding hydrogens is 286 g/mol. The monoisotopic (exact) mass is 303 g/mol. The highest BCUT2D eigenvalue weighted by Crippen LogP contribution is 2.18. The molecule has 1 aromatic heterocycles. The highest BCUT2D eigenvalue weighted by atomic mass is 16.5. The van der Waals surface area contributed by atoms with E-state index in [1.807, 2.05) is 0 Å². The van der Waals surface area contributed by atoms with Gasteiger partial charge in [0.15, 0.2) is 0 Å². The largest absolute Gasteiger partial charge is 0.487 e. The van der Waals surface area contributed by atoms with Crippen LogP contribution in [0.5, 0.6) is 5.75 Å². The standard InChI is InChI=1S/C15H17N3O4/c1-16-14(20)11-6-4-5-7-12(11)22-9-10-8-13(19)18(3)15(21)17(10)2/h4-8H,9H2,1-3H3,(H,16,20). The van der Waals surface area contributed by atoms with Gasteiger partial charge < -0.3 is 10.1 Å². The normalized spacial score (nSPS) is 10.3. The lowest BCUT2D eigenvalue weighted by molar-refractivity contribution is 0.0958. The highest BCUT2D eigenvalue weighted by Gasteiger charge is 2.12. The fourth-order valence-electron chi connectivity index (χ4n) is 1.98. The predicted octanol–water partition coefficient (Wildman–Crippen LogP) is 0.0226. The zero-order valence-electron chi connectivity index (χ0n) is 12.6. The van der Waals surface area contributed by atoms with E-state index in [0.29, 0.717) is 17.0 Å². The third kappa shape index (κ3) is 2.93. The van der Waals surface area contributed by atoms with Crippen molar-refractivity contribution in [1.29, 1.82) is 0 Å². The molecular formula is C15H17N3O4. The maximum atomic E-state index is 11.8. The molecule has 0 aliphatic carbocycles. The van der Waals surface area contributed by atoms with Crippen LogP contribution in [0.3, 0.4) is 0 Å². The molecule has 1 amide bonds. The summed E-state index contributed by atoms with van der Waals surface area (Å²) < 4.78 is 7.96. The van der Waals surface area contributed by atoms with Crippen molar-refractivity contribution in [3.63, 3.8) is 0 Å². The topological polar surface area (TPSA) is 82.3 Å². The van der Waals surface area contributed by atoms with Crippen molar-refractivity contribution in [1.82, 2.24) is 14.5 Å². The number of carbonyl (C=O) groups excluding carboxylic acids is 1. The van der Waals surface area contributed by atoms with Crippen LogP contribution in [0.2, 0.25) is 0 Å². The third-order valence-corrected chi connectivity index (χ3v) is 3.36. The fourth-order valence-corrected chi connectivity index (χ4v) is 1.98. The van der Waals surface area contributed by atoms with E-state index in [2.05, 4.69) is 5.32 Å². The van der Waals surface area contributed by atoms with Crippen LogP contribution in [-0.2, 0) is 20.7 Å². The van der Waals surface area contributed by atoms with Crippen LogP contribution in [0, 0.1) is 0 Å². The quantitative estimate of drug-likeness (QED) is 0.863. The Kier molecular flexibility index (Phi) is 4.45. The molecule has 7 heteroatoms. The molecule has 116 valence electrons. The summed E-state index contributed by atoms with van der Waals surface area (Å²) in [7, 11) is 4.50. The summed E-state index contributed by atoms with van der Waals surface area (Å²) >= 11 is 0. The lowest BCUT2D eigenvalue weighted by Crippen LogP contribution is -2.38. The van der Waals surface area contributed by atoms with E-state index in [-0.39, 0.29) is 12.5 Å². The van der Waals surface area contributed by atoms with Crippen LogP contribution in [0.25, 0.3) is 0 Å². The smallest absolute Gasteiger partial charge is 0.330 e. The molecule has 0 aliphatic rings. The molecule has 0 radical (unpaired) electrons. The number of amides is 1. The number of para-hydroxylation sites is 1. The van der Waals surface area contributed by atoms with E-state index in [9.17, 15) is 14.4 Å². The van der Waals surface area contributed by atoms with E-state index < -0.39 is 11.2 Å². The van der Waals surface area contributed by atoms with E-state index in [4.69, 9.17) is 4.74 Å². The number of nitrogens with zero attached hydrogens (tertiary/aromatic N) is 2. The number of carbonyl (C=O) groups is 1. The van der Waals surface area contributed by atoms with Crippen LogP contribution >= 0.6 is 0 Å². The van der Waals surface area contributed by atoms with Gasteiger partial charge in [0.05, 0.1) is 11.3 Å². The lowest BCUT2D eigenvalue weighted by Gasteiger charge is -2.13. The van der Waals surface area contributed by atoms with Crippen LogP contribution in [-0.4, -0.2) is 22.1 Å². The number of rotatable bonds is 4. The first-order valence-corrected chi connectivity index (χ1v) is 6.65. The summed E-state index contributed by atoms with van der Waals surface area (Å²) in [6.45, 7) is 0.00975. The molecule has 1 heterocycles. The van der Waals surface area contributed by atoms with Gasteiger partial charge in [-0.15, -0.1) is 0 Å². The maximum Gasteiger partial charge on any atom is 0.330 e. The van der Waals surface area contributed by atoms with Gasteiger partial charge in [0, 0.05) is 27.2 Å². The molecule has 2 rings (SSSR count). The van der Waals surface area contributed by atoms with Gasteiger partial charge in [-0.3, -0.25) is 18.7 Å². The molecule has 7 nitrogen and oxygen atoms in total. The molecule has 0 fully saturated rings. The van der Waals surface area contributed by atoms with E-state index in [1.54, 1.807) is 31.3 Å². The lowest BCUT2D eigenvalue weighted by atomic mass is 10.2. The minimum absolute atomic E-state index is 0.00975. The zero-order chi connectivity index (χ0) is 16.3. The second-order valence-corrected chi connectivity index (χ2v) is 4.74. The number of hydrogen-bond donors (Lipinski definition) is 1. The molecule has 2 aromatic rings. The Hall–Kier alpha value is -2.83. The summed E-state index contributed by atoms with van der Waals surface area (Å²) in [4.78, 5) is 35.3. The van der Waals surface area contributed by atoms with Gasteiger partial charge in [-0.05, 0) is 12.1 Å². The van der Waals surface area contributed by atoms with Gasteiger partial charge in [0.1, 0.15) is 12.4 Å². The molecule has 0 bridgehead atoms. The fraction of sp³-hybridized carbons (Fsp3) is 0.267. The van der Waals surface area contributed by atoms with Crippen LogP contribution in [0.4, 0.5) is 0 Å². The van der Waals surface area contributed by atoms with Gasteiger partial charge >= 0.3 is 5.69 Å². The Balaban J connectivity index is 2.31. The minimum Gasteiger partial charge on any atom is -0.487 e. The molecule has 0 atom stereocenters. The van der Waals surface area contributed by atoms with Gasteiger partial charge in [0.2, 0.25) is 0 Å². The summed E-state index contributed by atoms with van der Waals surface area (Å²) in [5.41, 5.74) is -0.00869. The Bertz CT molecular complexity index is 820. The molecule has 0 saturated heterocycles. The van der Waals surface area contributed by atoms with E-state index >= 15 is 0 Å². The van der Waals surface area contributed by atoms with Crippen LogP contribution in [0.1, 0.15) is 16.1 Å². The SMILES string of the molecule is CNC(=O)c1ccccc1OCc1cc(=O)n(C)c(=O)n1C. The summed E-state index contributed by atoms with van der Waals surface area (Å²) in [5, 5.41) is 2.53. The Labute approximate surface area is 126 Å². The van der Waals surface area contributed by atoms with E-state index in [1.165, 1.54) is 24.7 Å². The number of ether oxygens (including phenoxy) is 1. The molecule has 22 heavy (non-hydrogen) atoms. The Morgan fingerprint density at radius 2 is 1.86 bits per heavy atom. The number of benzene rings is 1. The van der Waals surface area contributed by atoms with E-state index in [0.717, 1.165) is 4.57 Å². The van der Waals surface area contributed by atoms with Crippen molar-refractivity contribution in [3.05, 3.63) is 62.4 Å². The van der Waals surface area contributed by atoms with Crippen molar-refractivity contribution in [2.45, 2.75) is 6.61 Å². The average molecular weight is 303 g/mol. The molecule has 0 spiro atoms. The first-order valence-electron chi connectivity index (χ1n) is 6.65. The van der Waals surface area contributed by atoms with Crippen LogP contribution < -0.4 is 21.3 Å². The summed E-state index contributed by atoms with van der Waals surface area (Å²) in [5.74, 6) is 0.114. The number of aromatic nitrogens is 2. The maximum absolute atomic E-state index is 11.8.